The van der Waals surface area contributed by atoms with Crippen molar-refractivity contribution in [3.8, 4) is 0 Å². The number of hydrogen-bond donors (Lipinski definition) is 2. The van der Waals surface area contributed by atoms with Crippen LogP contribution in [0.25, 0.3) is 0 Å². The third-order valence-electron chi connectivity index (χ3n) is 2.36. The number of carbonyl (C=O) groups is 2. The van der Waals surface area contributed by atoms with Gasteiger partial charge in [0.2, 0.25) is 11.8 Å². The van der Waals surface area contributed by atoms with Crippen LogP contribution >= 0.6 is 0 Å². The Balaban J connectivity index is 1.82. The minimum absolute atomic E-state index is 0.00926. The Bertz CT molecular complexity index is 595. The molecule has 2 heterocycles. The smallest absolute Gasteiger partial charge is 0.243 e. The number of aromatic nitrogens is 4. The average Bonchev–Trinajstić information content (AvgIpc) is 2.84. The molecule has 0 spiro atoms. The van der Waals surface area contributed by atoms with E-state index in [1.54, 1.807) is 12.4 Å². The number of hydrogen-bond acceptors (Lipinski definition) is 5. The minimum Gasteiger partial charge on any atom is -0.350 e. The van der Waals surface area contributed by atoms with Crippen LogP contribution in [-0.2, 0) is 22.7 Å². The standard InChI is InChI=1S/C12H14N6O2/c1-9(19)16-11-7-15-18(17-11)8-12(20)14-6-10-2-4-13-5-3-10/h2-5,7H,6,8H2,1H3,(H,14,20)(H,16,17,19). The van der Waals surface area contributed by atoms with Gasteiger partial charge in [0, 0.05) is 25.9 Å². The molecule has 104 valence electrons. The Kier molecular flexibility index (Phi) is 4.38. The van der Waals surface area contributed by atoms with E-state index in [9.17, 15) is 9.59 Å². The Hall–Kier alpha value is -2.77. The first-order valence-electron chi connectivity index (χ1n) is 5.97. The van der Waals surface area contributed by atoms with Gasteiger partial charge in [-0.1, -0.05) is 0 Å². The number of rotatable bonds is 5. The minimum atomic E-state index is -0.237. The molecule has 2 aromatic heterocycles. The van der Waals surface area contributed by atoms with Crippen molar-refractivity contribution in [1.29, 1.82) is 0 Å². The normalized spacial score (nSPS) is 10.1. The summed E-state index contributed by atoms with van der Waals surface area (Å²) in [7, 11) is 0. The molecular formula is C12H14N6O2. The van der Waals surface area contributed by atoms with E-state index in [1.165, 1.54) is 17.9 Å². The van der Waals surface area contributed by atoms with Gasteiger partial charge >= 0.3 is 0 Å². The van der Waals surface area contributed by atoms with Crippen LogP contribution in [0.2, 0.25) is 0 Å². The van der Waals surface area contributed by atoms with Crippen LogP contribution in [0, 0.1) is 0 Å². The van der Waals surface area contributed by atoms with E-state index in [2.05, 4.69) is 25.8 Å². The lowest BCUT2D eigenvalue weighted by Crippen LogP contribution is -2.28. The third kappa shape index (κ3) is 4.16. The van der Waals surface area contributed by atoms with E-state index in [4.69, 9.17) is 0 Å². The Morgan fingerprint density at radius 2 is 2.05 bits per heavy atom. The molecule has 0 aliphatic heterocycles. The van der Waals surface area contributed by atoms with Crippen LogP contribution in [0.5, 0.6) is 0 Å². The summed E-state index contributed by atoms with van der Waals surface area (Å²) in [5, 5.41) is 13.1. The summed E-state index contributed by atoms with van der Waals surface area (Å²) < 4.78 is 0. The van der Waals surface area contributed by atoms with Gasteiger partial charge in [-0.2, -0.15) is 9.90 Å². The molecule has 2 N–H and O–H groups in total. The van der Waals surface area contributed by atoms with Crippen LogP contribution < -0.4 is 10.6 Å². The molecule has 0 saturated carbocycles. The van der Waals surface area contributed by atoms with Crippen molar-refractivity contribution in [3.05, 3.63) is 36.3 Å². The Labute approximate surface area is 115 Å². The van der Waals surface area contributed by atoms with Crippen molar-refractivity contribution in [1.82, 2.24) is 25.3 Å². The zero-order valence-electron chi connectivity index (χ0n) is 10.9. The Morgan fingerprint density at radius 1 is 1.30 bits per heavy atom. The zero-order chi connectivity index (χ0) is 14.4. The molecule has 2 aromatic rings. The SMILES string of the molecule is CC(=O)Nc1cnn(CC(=O)NCc2ccncc2)n1. The van der Waals surface area contributed by atoms with Gasteiger partial charge < -0.3 is 10.6 Å². The maximum atomic E-state index is 11.7. The van der Waals surface area contributed by atoms with Gasteiger partial charge in [0.15, 0.2) is 5.82 Å². The highest BCUT2D eigenvalue weighted by Crippen LogP contribution is 1.98. The lowest BCUT2D eigenvalue weighted by atomic mass is 10.3. The van der Waals surface area contributed by atoms with Crippen LogP contribution in [0.3, 0.4) is 0 Å². The molecule has 0 fully saturated rings. The summed E-state index contributed by atoms with van der Waals surface area (Å²) in [5.41, 5.74) is 0.959. The highest BCUT2D eigenvalue weighted by atomic mass is 16.2. The molecule has 2 rings (SSSR count). The van der Waals surface area contributed by atoms with Crippen molar-refractivity contribution >= 4 is 17.6 Å². The monoisotopic (exact) mass is 274 g/mol. The number of amides is 2. The third-order valence-corrected chi connectivity index (χ3v) is 2.36. The second-order valence-corrected chi connectivity index (χ2v) is 4.07. The summed E-state index contributed by atoms with van der Waals surface area (Å²) in [6, 6.07) is 3.64. The fourth-order valence-electron chi connectivity index (χ4n) is 1.50. The number of nitrogens with one attached hydrogen (secondary N) is 2. The van der Waals surface area contributed by atoms with Gasteiger partial charge in [0.1, 0.15) is 6.54 Å². The van der Waals surface area contributed by atoms with Crippen molar-refractivity contribution < 1.29 is 9.59 Å². The van der Waals surface area contributed by atoms with Crippen molar-refractivity contribution in [2.24, 2.45) is 0 Å². The predicted molar refractivity (Wildman–Crippen MR) is 70.4 cm³/mol. The summed E-state index contributed by atoms with van der Waals surface area (Å²) in [4.78, 5) is 27.6. The van der Waals surface area contributed by atoms with Crippen molar-refractivity contribution in [3.63, 3.8) is 0 Å². The topological polar surface area (TPSA) is 102 Å². The zero-order valence-corrected chi connectivity index (χ0v) is 10.9. The molecule has 8 nitrogen and oxygen atoms in total. The summed E-state index contributed by atoms with van der Waals surface area (Å²) in [6.45, 7) is 1.78. The Morgan fingerprint density at radius 3 is 2.75 bits per heavy atom. The maximum absolute atomic E-state index is 11.7. The van der Waals surface area contributed by atoms with Gasteiger partial charge in [-0.15, -0.1) is 5.10 Å². The second-order valence-electron chi connectivity index (χ2n) is 4.07. The van der Waals surface area contributed by atoms with Crippen molar-refractivity contribution in [2.45, 2.75) is 20.0 Å². The van der Waals surface area contributed by atoms with Gasteiger partial charge in [-0.25, -0.2) is 0 Å². The molecule has 0 unspecified atom stereocenters. The number of carbonyl (C=O) groups excluding carboxylic acids is 2. The quantitative estimate of drug-likeness (QED) is 0.795. The lowest BCUT2D eigenvalue weighted by Gasteiger charge is -2.04. The average molecular weight is 274 g/mol. The molecule has 8 heteroatoms. The predicted octanol–water partition coefficient (Wildman–Crippen LogP) is -0.0521. The van der Waals surface area contributed by atoms with Crippen LogP contribution in [-0.4, -0.2) is 31.8 Å². The van der Waals surface area contributed by atoms with Crippen LogP contribution in [0.1, 0.15) is 12.5 Å². The first-order chi connectivity index (χ1) is 9.63. The molecule has 0 atom stereocenters. The highest BCUT2D eigenvalue weighted by molar-refractivity contribution is 5.87. The maximum Gasteiger partial charge on any atom is 0.243 e. The molecule has 0 aliphatic carbocycles. The van der Waals surface area contributed by atoms with Crippen LogP contribution in [0.4, 0.5) is 5.82 Å². The van der Waals surface area contributed by atoms with E-state index in [-0.39, 0.29) is 18.4 Å². The van der Waals surface area contributed by atoms with E-state index in [1.807, 2.05) is 12.1 Å². The van der Waals surface area contributed by atoms with E-state index in [0.29, 0.717) is 12.4 Å². The van der Waals surface area contributed by atoms with Gasteiger partial charge in [-0.05, 0) is 17.7 Å². The summed E-state index contributed by atoms with van der Waals surface area (Å²) in [6.07, 6.45) is 4.71. The molecule has 0 saturated heterocycles. The largest absolute Gasteiger partial charge is 0.350 e. The van der Waals surface area contributed by atoms with E-state index >= 15 is 0 Å². The fourth-order valence-corrected chi connectivity index (χ4v) is 1.50. The molecule has 20 heavy (non-hydrogen) atoms. The lowest BCUT2D eigenvalue weighted by molar-refractivity contribution is -0.122. The number of pyridine rings is 1. The number of nitrogens with zero attached hydrogens (tertiary/aromatic N) is 4. The molecule has 0 aromatic carbocycles. The molecular weight excluding hydrogens is 260 g/mol. The summed E-state index contributed by atoms with van der Waals surface area (Å²) in [5.74, 6) is -0.134. The highest BCUT2D eigenvalue weighted by Gasteiger charge is 2.06. The summed E-state index contributed by atoms with van der Waals surface area (Å²) >= 11 is 0. The van der Waals surface area contributed by atoms with Crippen LogP contribution in [0.15, 0.2) is 30.7 Å². The molecule has 0 aliphatic rings. The van der Waals surface area contributed by atoms with Gasteiger partial charge in [0.25, 0.3) is 0 Å². The first kappa shape index (κ1) is 13.7. The van der Waals surface area contributed by atoms with Gasteiger partial charge in [0.05, 0.1) is 6.20 Å². The second kappa shape index (κ2) is 6.41. The van der Waals surface area contributed by atoms with E-state index in [0.717, 1.165) is 5.56 Å². The first-order valence-corrected chi connectivity index (χ1v) is 5.97. The van der Waals surface area contributed by atoms with E-state index < -0.39 is 0 Å². The molecule has 2 amide bonds. The van der Waals surface area contributed by atoms with Gasteiger partial charge in [-0.3, -0.25) is 14.6 Å². The fraction of sp³-hybridized carbons (Fsp3) is 0.250. The molecule has 0 bridgehead atoms. The number of anilines is 1. The van der Waals surface area contributed by atoms with Crippen molar-refractivity contribution in [2.75, 3.05) is 5.32 Å². The molecule has 0 radical (unpaired) electrons.